The Kier molecular flexibility index (Phi) is 6.80. The number of nitrogens with zero attached hydrogens (tertiary/aromatic N) is 1. The van der Waals surface area contributed by atoms with E-state index in [1.807, 2.05) is 61.5 Å². The van der Waals surface area contributed by atoms with Crippen molar-refractivity contribution in [3.63, 3.8) is 0 Å². The van der Waals surface area contributed by atoms with Crippen molar-refractivity contribution in [1.82, 2.24) is 4.98 Å². The molecule has 0 saturated carbocycles. The van der Waals surface area contributed by atoms with Crippen molar-refractivity contribution in [3.05, 3.63) is 81.8 Å². The quantitative estimate of drug-likeness (QED) is 0.440. The smallest absolute Gasteiger partial charge is 0.357 e. The summed E-state index contributed by atoms with van der Waals surface area (Å²) in [5.74, 6) is 0.246. The van der Waals surface area contributed by atoms with Crippen molar-refractivity contribution in [2.75, 3.05) is 13.7 Å². The van der Waals surface area contributed by atoms with E-state index >= 15 is 0 Å². The first-order valence-corrected chi connectivity index (χ1v) is 10.1. The van der Waals surface area contributed by atoms with Crippen molar-refractivity contribution >= 4 is 28.5 Å². The monoisotopic (exact) mass is 409 g/mol. The van der Waals surface area contributed by atoms with Crippen LogP contribution in [0, 0.1) is 0 Å². The molecule has 0 aliphatic carbocycles. The van der Waals surface area contributed by atoms with Gasteiger partial charge in [-0.3, -0.25) is 0 Å². The summed E-state index contributed by atoms with van der Waals surface area (Å²) in [6, 6.07) is 17.4. The molecule has 0 saturated heterocycles. The molecule has 0 fully saturated rings. The second-order valence-corrected chi connectivity index (χ2v) is 7.22. The van der Waals surface area contributed by atoms with Gasteiger partial charge < -0.3 is 14.6 Å². The maximum atomic E-state index is 12.0. The molecule has 3 aromatic rings. The summed E-state index contributed by atoms with van der Waals surface area (Å²) in [6.45, 7) is 3.99. The summed E-state index contributed by atoms with van der Waals surface area (Å²) in [4.78, 5) is 16.3. The van der Waals surface area contributed by atoms with Crippen LogP contribution in [0.1, 0.15) is 46.6 Å². The Morgan fingerprint density at radius 1 is 1.10 bits per heavy atom. The number of allylic oxidation sites excluding steroid dienone is 1. The van der Waals surface area contributed by atoms with Crippen LogP contribution < -0.4 is 4.74 Å². The Morgan fingerprint density at radius 2 is 1.79 bits per heavy atom. The molecular formula is C23H23NO4S. The van der Waals surface area contributed by atoms with E-state index < -0.39 is 12.1 Å². The van der Waals surface area contributed by atoms with E-state index in [1.54, 1.807) is 19.4 Å². The molecule has 5 nitrogen and oxygen atoms in total. The highest BCUT2D eigenvalue weighted by Gasteiger charge is 2.23. The maximum Gasteiger partial charge on any atom is 0.357 e. The molecule has 1 unspecified atom stereocenters. The van der Waals surface area contributed by atoms with Crippen LogP contribution >= 0.6 is 11.3 Å². The summed E-state index contributed by atoms with van der Waals surface area (Å²) in [5, 5.41) is 13.3. The van der Waals surface area contributed by atoms with Crippen molar-refractivity contribution in [2.45, 2.75) is 20.0 Å². The van der Waals surface area contributed by atoms with Crippen LogP contribution in [0.3, 0.4) is 0 Å². The normalized spacial score (nSPS) is 12.8. The van der Waals surface area contributed by atoms with Crippen LogP contribution in [-0.4, -0.2) is 29.8 Å². The molecule has 3 rings (SSSR count). The number of hydrogen-bond acceptors (Lipinski definition) is 6. The number of thiazole rings is 1. The molecule has 0 radical (unpaired) electrons. The minimum atomic E-state index is -0.989. The van der Waals surface area contributed by atoms with Gasteiger partial charge in [-0.05, 0) is 48.3 Å². The number of aromatic nitrogens is 1. The molecule has 0 spiro atoms. The summed E-state index contributed by atoms with van der Waals surface area (Å²) < 4.78 is 10.3. The molecule has 1 N–H and O–H groups in total. The number of esters is 1. The number of carbonyl (C=O) groups excluding carboxylic acids is 1. The fraction of sp³-hybridized carbons (Fsp3) is 0.217. The number of aliphatic hydroxyl groups excluding tert-OH is 1. The molecule has 0 aliphatic rings. The van der Waals surface area contributed by atoms with Gasteiger partial charge in [0.05, 0.1) is 13.7 Å². The first kappa shape index (κ1) is 20.8. The highest BCUT2D eigenvalue weighted by atomic mass is 32.1. The summed E-state index contributed by atoms with van der Waals surface area (Å²) in [5.41, 5.74) is 3.71. The third kappa shape index (κ3) is 4.72. The average molecular weight is 410 g/mol. The molecule has 0 aliphatic heterocycles. The lowest BCUT2D eigenvalue weighted by Crippen LogP contribution is -2.07. The standard InChI is InChI=1S/C23H23NO4S/c1-4-28-23(26)19-14-29-22(24-19)21(25)20(15(2)16-8-6-5-7-9-16)17-10-12-18(27-3)13-11-17/h5-14,21,25H,4H2,1-3H3/b20-15-. The average Bonchev–Trinajstić information content (AvgIpc) is 3.25. The van der Waals surface area contributed by atoms with E-state index in [0.717, 1.165) is 28.0 Å². The molecule has 1 aromatic heterocycles. The number of ether oxygens (including phenoxy) is 2. The lowest BCUT2D eigenvalue weighted by molar-refractivity contribution is 0.0520. The number of methoxy groups -OCH3 is 1. The van der Waals surface area contributed by atoms with E-state index in [2.05, 4.69) is 4.98 Å². The fourth-order valence-electron chi connectivity index (χ4n) is 3.03. The van der Waals surface area contributed by atoms with Gasteiger partial charge in [0, 0.05) is 5.38 Å². The number of aliphatic hydroxyl groups is 1. The van der Waals surface area contributed by atoms with Gasteiger partial charge in [-0.2, -0.15) is 0 Å². The largest absolute Gasteiger partial charge is 0.497 e. The van der Waals surface area contributed by atoms with Gasteiger partial charge in [0.25, 0.3) is 0 Å². The van der Waals surface area contributed by atoms with Crippen LogP contribution in [0.25, 0.3) is 11.1 Å². The van der Waals surface area contributed by atoms with E-state index in [4.69, 9.17) is 9.47 Å². The zero-order valence-electron chi connectivity index (χ0n) is 16.6. The summed E-state index contributed by atoms with van der Waals surface area (Å²) in [7, 11) is 1.61. The third-order valence-electron chi connectivity index (χ3n) is 4.53. The van der Waals surface area contributed by atoms with Crippen LogP contribution in [0.4, 0.5) is 0 Å². The van der Waals surface area contributed by atoms with Crippen LogP contribution in [0.2, 0.25) is 0 Å². The molecule has 150 valence electrons. The zero-order chi connectivity index (χ0) is 20.8. The van der Waals surface area contributed by atoms with E-state index in [9.17, 15) is 9.90 Å². The molecule has 29 heavy (non-hydrogen) atoms. The van der Waals surface area contributed by atoms with E-state index in [0.29, 0.717) is 5.01 Å². The maximum absolute atomic E-state index is 12.0. The van der Waals surface area contributed by atoms with E-state index in [1.165, 1.54) is 11.3 Å². The molecule has 1 atom stereocenters. The molecule has 0 amide bonds. The SMILES string of the molecule is CCOC(=O)c1csc(C(O)/C(=C(/C)c2ccccc2)c2ccc(OC)cc2)n1. The van der Waals surface area contributed by atoms with Crippen molar-refractivity contribution in [3.8, 4) is 5.75 Å². The number of rotatable bonds is 7. The Labute approximate surface area is 174 Å². The topological polar surface area (TPSA) is 68.7 Å². The lowest BCUT2D eigenvalue weighted by atomic mass is 9.92. The van der Waals surface area contributed by atoms with Gasteiger partial charge >= 0.3 is 5.97 Å². The molecule has 2 aromatic carbocycles. The number of benzene rings is 2. The highest BCUT2D eigenvalue weighted by molar-refractivity contribution is 7.10. The minimum absolute atomic E-state index is 0.206. The van der Waals surface area contributed by atoms with Gasteiger partial charge in [0.1, 0.15) is 16.9 Å². The third-order valence-corrected chi connectivity index (χ3v) is 5.42. The number of carbonyl (C=O) groups is 1. The van der Waals surface area contributed by atoms with E-state index in [-0.39, 0.29) is 12.3 Å². The second-order valence-electron chi connectivity index (χ2n) is 6.33. The van der Waals surface area contributed by atoms with Gasteiger partial charge in [-0.25, -0.2) is 9.78 Å². The van der Waals surface area contributed by atoms with Gasteiger partial charge in [-0.1, -0.05) is 42.5 Å². The predicted octanol–water partition coefficient (Wildman–Crippen LogP) is 4.99. The first-order valence-electron chi connectivity index (χ1n) is 9.26. The molecule has 0 bridgehead atoms. The zero-order valence-corrected chi connectivity index (χ0v) is 17.4. The predicted molar refractivity (Wildman–Crippen MR) is 115 cm³/mol. The lowest BCUT2D eigenvalue weighted by Gasteiger charge is -2.18. The molecular weight excluding hydrogens is 386 g/mol. The van der Waals surface area contributed by atoms with Gasteiger partial charge in [0.2, 0.25) is 0 Å². The molecule has 1 heterocycles. The highest BCUT2D eigenvalue weighted by Crippen LogP contribution is 2.38. The molecule has 6 heteroatoms. The van der Waals surface area contributed by atoms with Crippen LogP contribution in [0.5, 0.6) is 5.75 Å². The summed E-state index contributed by atoms with van der Waals surface area (Å²) in [6.07, 6.45) is -0.989. The fourth-order valence-corrected chi connectivity index (χ4v) is 3.81. The first-order chi connectivity index (χ1) is 14.0. The van der Waals surface area contributed by atoms with Gasteiger partial charge in [-0.15, -0.1) is 11.3 Å². The Morgan fingerprint density at radius 3 is 2.41 bits per heavy atom. The number of hydrogen-bond donors (Lipinski definition) is 1. The Balaban J connectivity index is 2.06. The Hall–Kier alpha value is -2.96. The summed E-state index contributed by atoms with van der Waals surface area (Å²) >= 11 is 1.23. The van der Waals surface area contributed by atoms with Crippen molar-refractivity contribution < 1.29 is 19.4 Å². The van der Waals surface area contributed by atoms with Crippen molar-refractivity contribution in [2.24, 2.45) is 0 Å². The van der Waals surface area contributed by atoms with Gasteiger partial charge in [0.15, 0.2) is 5.69 Å². The Bertz CT molecular complexity index is 993. The van der Waals surface area contributed by atoms with Crippen LogP contribution in [0.15, 0.2) is 60.0 Å². The minimum Gasteiger partial charge on any atom is -0.497 e. The van der Waals surface area contributed by atoms with Crippen LogP contribution in [-0.2, 0) is 4.74 Å². The van der Waals surface area contributed by atoms with Crippen molar-refractivity contribution in [1.29, 1.82) is 0 Å². The second kappa shape index (κ2) is 9.49.